The zero-order valence-corrected chi connectivity index (χ0v) is 15.6. The van der Waals surface area contributed by atoms with Gasteiger partial charge in [0.1, 0.15) is 6.10 Å². The zero-order valence-electron chi connectivity index (χ0n) is 15.6. The second kappa shape index (κ2) is 7.99. The van der Waals surface area contributed by atoms with Gasteiger partial charge in [-0.05, 0) is 12.1 Å². The predicted molar refractivity (Wildman–Crippen MR) is 97.8 cm³/mol. The van der Waals surface area contributed by atoms with Crippen molar-refractivity contribution in [1.29, 1.82) is 10.8 Å². The van der Waals surface area contributed by atoms with Crippen LogP contribution in [0.15, 0.2) is 24.3 Å². The molecule has 1 aromatic rings. The number of halogens is 3. The number of nitrogens with one attached hydrogen (secondary N) is 5. The van der Waals surface area contributed by atoms with Gasteiger partial charge in [-0.3, -0.25) is 10.8 Å². The molecule has 0 bridgehead atoms. The highest BCUT2D eigenvalue weighted by Gasteiger charge is 2.53. The molecule has 2 fully saturated rings. The predicted octanol–water partition coefficient (Wildman–Crippen LogP) is -0.752. The summed E-state index contributed by atoms with van der Waals surface area (Å²) in [4.78, 5) is 13.7. The maximum Gasteiger partial charge on any atom is 0.417 e. The number of guanidine groups is 2. The third-order valence-electron chi connectivity index (χ3n) is 5.02. The number of carbonyl (C=O) groups excluding carboxylic acids is 1. The standard InChI is InChI=1S/C17H21F3N6O4/c18-17(19,20)11-4-2-1-3-10(11)13(29)30-9(7-27)6-26-15(22)23-5-12-16(26,8-28)25-14(21)24-12/h1-4,9,12,27-28H,5-8H2,(H2,22,23)(H3,21,24,25)/t9-,12?,16?/m0/s1. The molecule has 2 saturated heterocycles. The van der Waals surface area contributed by atoms with E-state index in [0.717, 1.165) is 18.2 Å². The number of hydrogen-bond acceptors (Lipinski definition) is 6. The Morgan fingerprint density at radius 1 is 1.33 bits per heavy atom. The first-order valence-electron chi connectivity index (χ1n) is 8.94. The number of esters is 1. The van der Waals surface area contributed by atoms with E-state index < -0.39 is 54.3 Å². The van der Waals surface area contributed by atoms with Gasteiger partial charge in [-0.1, -0.05) is 12.1 Å². The summed E-state index contributed by atoms with van der Waals surface area (Å²) in [6, 6.07) is 3.60. The first-order valence-corrected chi connectivity index (χ1v) is 8.94. The second-order valence-electron chi connectivity index (χ2n) is 6.87. The summed E-state index contributed by atoms with van der Waals surface area (Å²) in [7, 11) is 0. The SMILES string of the molecule is N=C1NC2CNC(=N)N(C[C@@H](CO)OC(=O)c3ccccc3C(F)(F)F)C2(CO)N1. The second-order valence-corrected chi connectivity index (χ2v) is 6.87. The Kier molecular flexibility index (Phi) is 5.76. The summed E-state index contributed by atoms with van der Waals surface area (Å²) in [5.74, 6) is -1.54. The molecule has 0 radical (unpaired) electrons. The average molecular weight is 430 g/mol. The van der Waals surface area contributed by atoms with Crippen LogP contribution in [0.4, 0.5) is 13.2 Å². The fourth-order valence-corrected chi connectivity index (χ4v) is 3.55. The molecule has 0 amide bonds. The third-order valence-corrected chi connectivity index (χ3v) is 5.02. The molecule has 3 atom stereocenters. The van der Waals surface area contributed by atoms with Crippen LogP contribution in [0, 0.1) is 10.8 Å². The Balaban J connectivity index is 1.81. The number of ether oxygens (including phenoxy) is 1. The first-order chi connectivity index (χ1) is 14.1. The van der Waals surface area contributed by atoms with Crippen LogP contribution in [-0.4, -0.2) is 77.1 Å². The van der Waals surface area contributed by atoms with E-state index in [1.165, 1.54) is 11.0 Å². The number of carbonyl (C=O) groups is 1. The molecule has 2 heterocycles. The van der Waals surface area contributed by atoms with Crippen molar-refractivity contribution >= 4 is 17.9 Å². The van der Waals surface area contributed by atoms with Gasteiger partial charge < -0.3 is 35.8 Å². The van der Waals surface area contributed by atoms with Crippen molar-refractivity contribution in [3.8, 4) is 0 Å². The molecule has 30 heavy (non-hydrogen) atoms. The normalized spacial score (nSPS) is 24.4. The number of fused-ring (bicyclic) bond motifs is 1. The van der Waals surface area contributed by atoms with E-state index in [2.05, 4.69) is 16.0 Å². The minimum Gasteiger partial charge on any atom is -0.454 e. The lowest BCUT2D eigenvalue weighted by Crippen LogP contribution is -2.75. The molecule has 0 saturated carbocycles. The van der Waals surface area contributed by atoms with Gasteiger partial charge in [0.25, 0.3) is 0 Å². The van der Waals surface area contributed by atoms with E-state index in [0.29, 0.717) is 0 Å². The van der Waals surface area contributed by atoms with Crippen LogP contribution in [0.1, 0.15) is 15.9 Å². The maximum atomic E-state index is 13.2. The summed E-state index contributed by atoms with van der Waals surface area (Å²) in [6.07, 6.45) is -6.07. The monoisotopic (exact) mass is 430 g/mol. The number of alkyl halides is 3. The largest absolute Gasteiger partial charge is 0.454 e. The summed E-state index contributed by atoms with van der Waals surface area (Å²) >= 11 is 0. The molecule has 1 aromatic carbocycles. The van der Waals surface area contributed by atoms with Crippen molar-refractivity contribution < 1.29 is 32.9 Å². The molecule has 0 spiro atoms. The van der Waals surface area contributed by atoms with Crippen LogP contribution >= 0.6 is 0 Å². The third kappa shape index (κ3) is 3.85. The Bertz CT molecular complexity index is 851. The fraction of sp³-hybridized carbons (Fsp3) is 0.471. The molecule has 13 heteroatoms. The van der Waals surface area contributed by atoms with E-state index in [9.17, 15) is 28.2 Å². The van der Waals surface area contributed by atoms with Gasteiger partial charge in [-0.2, -0.15) is 13.2 Å². The molecule has 2 aliphatic heterocycles. The molecule has 164 valence electrons. The molecular formula is C17H21F3N6O4. The van der Waals surface area contributed by atoms with Crippen molar-refractivity contribution in [2.45, 2.75) is 24.0 Å². The van der Waals surface area contributed by atoms with E-state index in [-0.39, 0.29) is 25.0 Å². The van der Waals surface area contributed by atoms with Gasteiger partial charge in [0.05, 0.1) is 36.9 Å². The van der Waals surface area contributed by atoms with Gasteiger partial charge in [0.2, 0.25) is 0 Å². The Hall–Kier alpha value is -3.06. The quantitative estimate of drug-likeness (QED) is 0.291. The number of aliphatic hydroxyl groups excluding tert-OH is 2. The molecule has 2 unspecified atom stereocenters. The molecule has 10 nitrogen and oxygen atoms in total. The lowest BCUT2D eigenvalue weighted by atomic mass is 9.97. The summed E-state index contributed by atoms with van der Waals surface area (Å²) in [5, 5.41) is 43.8. The van der Waals surface area contributed by atoms with Crippen LogP contribution < -0.4 is 16.0 Å². The molecule has 7 N–H and O–H groups in total. The maximum absolute atomic E-state index is 13.2. The van der Waals surface area contributed by atoms with Crippen LogP contribution in [0.5, 0.6) is 0 Å². The van der Waals surface area contributed by atoms with E-state index in [1.807, 2.05) is 0 Å². The smallest absolute Gasteiger partial charge is 0.417 e. The Morgan fingerprint density at radius 3 is 2.67 bits per heavy atom. The van der Waals surface area contributed by atoms with Gasteiger partial charge in [-0.25, -0.2) is 4.79 Å². The van der Waals surface area contributed by atoms with Gasteiger partial charge >= 0.3 is 12.1 Å². The highest BCUT2D eigenvalue weighted by Crippen LogP contribution is 2.32. The van der Waals surface area contributed by atoms with Crippen LogP contribution in [0.2, 0.25) is 0 Å². The van der Waals surface area contributed by atoms with E-state index in [4.69, 9.17) is 15.6 Å². The number of aliphatic hydroxyl groups is 2. The topological polar surface area (TPSA) is 154 Å². The summed E-state index contributed by atoms with van der Waals surface area (Å²) < 4.78 is 44.6. The van der Waals surface area contributed by atoms with Crippen LogP contribution in [-0.2, 0) is 10.9 Å². The molecule has 3 rings (SSSR count). The van der Waals surface area contributed by atoms with Gasteiger partial charge in [-0.15, -0.1) is 0 Å². The minimum absolute atomic E-state index is 0.0906. The average Bonchev–Trinajstić information content (AvgIpc) is 3.05. The highest BCUT2D eigenvalue weighted by molar-refractivity contribution is 5.91. The van der Waals surface area contributed by atoms with Crippen molar-refractivity contribution in [1.82, 2.24) is 20.9 Å². The molecule has 0 aliphatic carbocycles. The zero-order chi connectivity index (χ0) is 22.1. The number of rotatable bonds is 6. The van der Waals surface area contributed by atoms with Crippen molar-refractivity contribution in [3.63, 3.8) is 0 Å². The summed E-state index contributed by atoms with van der Waals surface area (Å²) in [6.45, 7) is -1.37. The number of benzene rings is 1. The Morgan fingerprint density at radius 2 is 2.03 bits per heavy atom. The number of hydrogen-bond donors (Lipinski definition) is 7. The van der Waals surface area contributed by atoms with Gasteiger partial charge in [0.15, 0.2) is 17.6 Å². The molecular weight excluding hydrogens is 409 g/mol. The minimum atomic E-state index is -4.77. The van der Waals surface area contributed by atoms with Crippen LogP contribution in [0.25, 0.3) is 0 Å². The van der Waals surface area contributed by atoms with Gasteiger partial charge in [0, 0.05) is 6.54 Å². The summed E-state index contributed by atoms with van der Waals surface area (Å²) in [5.41, 5.74) is -3.18. The van der Waals surface area contributed by atoms with E-state index >= 15 is 0 Å². The highest BCUT2D eigenvalue weighted by atomic mass is 19.4. The molecule has 0 aromatic heterocycles. The lowest BCUT2D eigenvalue weighted by molar-refractivity contribution is -0.138. The Labute approximate surface area is 169 Å². The van der Waals surface area contributed by atoms with Crippen molar-refractivity contribution in [2.24, 2.45) is 0 Å². The fourth-order valence-electron chi connectivity index (χ4n) is 3.55. The van der Waals surface area contributed by atoms with Crippen LogP contribution in [0.3, 0.4) is 0 Å². The number of nitrogens with zero attached hydrogens (tertiary/aromatic N) is 1. The van der Waals surface area contributed by atoms with Crippen molar-refractivity contribution in [2.75, 3.05) is 26.3 Å². The van der Waals surface area contributed by atoms with Crippen molar-refractivity contribution in [3.05, 3.63) is 35.4 Å². The lowest BCUT2D eigenvalue weighted by Gasteiger charge is -2.48. The molecule has 2 aliphatic rings. The van der Waals surface area contributed by atoms with E-state index in [1.54, 1.807) is 0 Å². The first kappa shape index (κ1) is 21.6.